The third kappa shape index (κ3) is 5.08. The maximum absolute atomic E-state index is 11.5. The summed E-state index contributed by atoms with van der Waals surface area (Å²) >= 11 is 0. The van der Waals surface area contributed by atoms with Gasteiger partial charge >= 0.3 is 13.1 Å². The number of carboxylic acid groups (broad SMARTS) is 1. The number of benzene rings is 1. The number of nitrogens with one attached hydrogen (secondary N) is 1. The average Bonchev–Trinajstić information content (AvgIpc) is 2.54. The number of hydrogen-bond acceptors (Lipinski definition) is 8. The molecule has 0 atom stereocenters. The molecule has 1 aliphatic rings. The highest BCUT2D eigenvalue weighted by Gasteiger charge is 2.30. The molecule has 0 aliphatic carbocycles. The Balaban J connectivity index is 1.98. The Kier molecular flexibility index (Phi) is 6.80. The minimum atomic E-state index is -1.55. The second-order valence-corrected chi connectivity index (χ2v) is 6.06. The Morgan fingerprint density at radius 2 is 2.00 bits per heavy atom. The van der Waals surface area contributed by atoms with Gasteiger partial charge in [0.1, 0.15) is 23.2 Å². The molecule has 0 unspecified atom stereocenters. The number of carboxylic acids is 1. The summed E-state index contributed by atoms with van der Waals surface area (Å²) in [5.41, 5.74) is 1.46. The number of amides is 1. The lowest BCUT2D eigenvalue weighted by atomic mass is 9.82. The van der Waals surface area contributed by atoms with Crippen LogP contribution in [-0.2, 0) is 11.2 Å². The second kappa shape index (κ2) is 8.85. The third-order valence-electron chi connectivity index (χ3n) is 4.11. The summed E-state index contributed by atoms with van der Waals surface area (Å²) < 4.78 is 5.64. The van der Waals surface area contributed by atoms with E-state index in [1.807, 2.05) is 4.90 Å². The molecule has 6 N–H and O–H groups in total. The standard InChI is InChI=1S/C15H21BN2O8/c19-12(17-25)4-6-18-7-10(8-18)26-11-2-1-9(3-5-16(23)24)14(20)13(11)15(21)22/h1-2,10,20,23-25H,3-8H2,(H,17,19)(H,21,22). The number of phenols is 1. The number of hydrogen-bond donors (Lipinski definition) is 6. The molecule has 0 spiro atoms. The van der Waals surface area contributed by atoms with Crippen LogP contribution in [0.3, 0.4) is 0 Å². The summed E-state index contributed by atoms with van der Waals surface area (Å²) in [5, 5.41) is 45.8. The minimum Gasteiger partial charge on any atom is -0.507 e. The largest absolute Gasteiger partial charge is 0.507 e. The topological polar surface area (TPSA) is 160 Å². The third-order valence-corrected chi connectivity index (χ3v) is 4.11. The van der Waals surface area contributed by atoms with Crippen molar-refractivity contribution in [2.75, 3.05) is 19.6 Å². The number of carbonyl (C=O) groups excluding carboxylic acids is 1. The Hall–Kier alpha value is -2.34. The van der Waals surface area contributed by atoms with Crippen molar-refractivity contribution in [3.05, 3.63) is 23.3 Å². The van der Waals surface area contributed by atoms with E-state index in [9.17, 15) is 19.8 Å². The summed E-state index contributed by atoms with van der Waals surface area (Å²) in [6.45, 7) is 1.40. The highest BCUT2D eigenvalue weighted by atomic mass is 16.5. The number of hydroxylamine groups is 1. The summed E-state index contributed by atoms with van der Waals surface area (Å²) in [7, 11) is -1.55. The lowest BCUT2D eigenvalue weighted by Gasteiger charge is -2.39. The number of aromatic hydroxyl groups is 1. The predicted molar refractivity (Wildman–Crippen MR) is 89.2 cm³/mol. The highest BCUT2D eigenvalue weighted by Crippen LogP contribution is 2.33. The van der Waals surface area contributed by atoms with Crippen LogP contribution in [0.1, 0.15) is 22.3 Å². The summed E-state index contributed by atoms with van der Waals surface area (Å²) in [6.07, 6.45) is -0.0784. The van der Waals surface area contributed by atoms with Gasteiger partial charge in [0, 0.05) is 26.1 Å². The Labute approximate surface area is 149 Å². The molecule has 1 fully saturated rings. The van der Waals surface area contributed by atoms with Crippen molar-refractivity contribution in [1.82, 2.24) is 10.4 Å². The first-order chi connectivity index (χ1) is 12.3. The normalized spacial score (nSPS) is 14.6. The molecule has 0 radical (unpaired) electrons. The molecular formula is C15H21BN2O8. The zero-order valence-corrected chi connectivity index (χ0v) is 14.0. The number of aryl methyl sites for hydroxylation is 1. The molecule has 0 bridgehead atoms. The SMILES string of the molecule is O=C(CCN1CC(Oc2ccc(CCB(O)O)c(O)c2C(=O)O)C1)NO. The molecule has 1 saturated heterocycles. The first kappa shape index (κ1) is 20.0. The van der Waals surface area contributed by atoms with Crippen LogP contribution in [0.2, 0.25) is 6.32 Å². The number of aromatic carboxylic acids is 1. The molecule has 1 aromatic rings. The molecule has 2 rings (SSSR count). The van der Waals surface area contributed by atoms with Gasteiger partial charge in [-0.2, -0.15) is 0 Å². The van der Waals surface area contributed by atoms with Crippen molar-refractivity contribution < 1.29 is 39.8 Å². The van der Waals surface area contributed by atoms with Crippen LogP contribution in [0.5, 0.6) is 11.5 Å². The molecule has 0 saturated carbocycles. The first-order valence-electron chi connectivity index (χ1n) is 8.08. The van der Waals surface area contributed by atoms with E-state index in [-0.39, 0.29) is 42.1 Å². The molecule has 10 nitrogen and oxygen atoms in total. The average molecular weight is 368 g/mol. The number of likely N-dealkylation sites (tertiary alicyclic amines) is 1. The van der Waals surface area contributed by atoms with Crippen molar-refractivity contribution in [3.63, 3.8) is 0 Å². The van der Waals surface area contributed by atoms with Crippen LogP contribution in [0, 0.1) is 0 Å². The summed E-state index contributed by atoms with van der Waals surface area (Å²) in [5.74, 6) is -2.26. The number of carbonyl (C=O) groups is 2. The summed E-state index contributed by atoms with van der Waals surface area (Å²) in [6, 6.07) is 2.92. The first-order valence-corrected chi connectivity index (χ1v) is 8.08. The van der Waals surface area contributed by atoms with Gasteiger partial charge in [0.15, 0.2) is 0 Å². The van der Waals surface area contributed by atoms with Gasteiger partial charge < -0.3 is 25.0 Å². The number of nitrogens with zero attached hydrogens (tertiary/aromatic N) is 1. The van der Waals surface area contributed by atoms with Gasteiger partial charge in [-0.3, -0.25) is 14.9 Å². The predicted octanol–water partition coefficient (Wildman–Crippen LogP) is -0.936. The van der Waals surface area contributed by atoms with E-state index in [2.05, 4.69) is 0 Å². The smallest absolute Gasteiger partial charge is 0.451 e. The lowest BCUT2D eigenvalue weighted by molar-refractivity contribution is -0.130. The number of ether oxygens (including phenoxy) is 1. The number of rotatable bonds is 9. The molecule has 1 aliphatic heterocycles. The van der Waals surface area contributed by atoms with Crippen molar-refractivity contribution in [2.45, 2.75) is 25.3 Å². The zero-order chi connectivity index (χ0) is 19.3. The Morgan fingerprint density at radius 3 is 2.58 bits per heavy atom. The molecule has 0 aromatic heterocycles. The molecular weight excluding hydrogens is 347 g/mol. The van der Waals surface area contributed by atoms with Gasteiger partial charge in [0.25, 0.3) is 0 Å². The van der Waals surface area contributed by atoms with E-state index in [4.69, 9.17) is 20.0 Å². The van der Waals surface area contributed by atoms with Crippen molar-refractivity contribution in [3.8, 4) is 11.5 Å². The monoisotopic (exact) mass is 368 g/mol. The van der Waals surface area contributed by atoms with Crippen LogP contribution in [-0.4, -0.2) is 75.1 Å². The van der Waals surface area contributed by atoms with Gasteiger partial charge in [-0.05, 0) is 24.4 Å². The van der Waals surface area contributed by atoms with E-state index >= 15 is 0 Å². The van der Waals surface area contributed by atoms with Crippen LogP contribution >= 0.6 is 0 Å². The molecule has 26 heavy (non-hydrogen) atoms. The van der Waals surface area contributed by atoms with E-state index in [1.165, 1.54) is 12.1 Å². The van der Waals surface area contributed by atoms with Crippen LogP contribution in [0.25, 0.3) is 0 Å². The van der Waals surface area contributed by atoms with Gasteiger partial charge in [-0.15, -0.1) is 0 Å². The van der Waals surface area contributed by atoms with Gasteiger partial charge in [0.05, 0.1) is 0 Å². The van der Waals surface area contributed by atoms with E-state index in [1.54, 1.807) is 5.48 Å². The molecule has 1 amide bonds. The van der Waals surface area contributed by atoms with Gasteiger partial charge in [-0.25, -0.2) is 10.3 Å². The second-order valence-electron chi connectivity index (χ2n) is 6.06. The maximum atomic E-state index is 11.5. The van der Waals surface area contributed by atoms with Gasteiger partial charge in [-0.1, -0.05) is 6.07 Å². The lowest BCUT2D eigenvalue weighted by Crippen LogP contribution is -2.54. The van der Waals surface area contributed by atoms with E-state index in [0.29, 0.717) is 19.6 Å². The summed E-state index contributed by atoms with van der Waals surface area (Å²) in [4.78, 5) is 24.3. The molecule has 1 aromatic carbocycles. The molecule has 1 heterocycles. The van der Waals surface area contributed by atoms with Crippen molar-refractivity contribution in [2.24, 2.45) is 0 Å². The quantitative estimate of drug-likeness (QED) is 0.184. The molecule has 142 valence electrons. The van der Waals surface area contributed by atoms with Crippen molar-refractivity contribution in [1.29, 1.82) is 0 Å². The fraction of sp³-hybridized carbons (Fsp3) is 0.467. The Morgan fingerprint density at radius 1 is 1.31 bits per heavy atom. The van der Waals surface area contributed by atoms with Crippen LogP contribution < -0.4 is 10.2 Å². The van der Waals surface area contributed by atoms with Crippen LogP contribution in [0.4, 0.5) is 0 Å². The molecule has 11 heteroatoms. The van der Waals surface area contributed by atoms with Crippen molar-refractivity contribution >= 4 is 19.0 Å². The van der Waals surface area contributed by atoms with E-state index in [0.717, 1.165) is 0 Å². The van der Waals surface area contributed by atoms with E-state index < -0.39 is 24.7 Å². The highest BCUT2D eigenvalue weighted by molar-refractivity contribution is 6.41. The van der Waals surface area contributed by atoms with Gasteiger partial charge in [0.2, 0.25) is 5.91 Å². The minimum absolute atomic E-state index is 0.0287. The zero-order valence-electron chi connectivity index (χ0n) is 14.0. The van der Waals surface area contributed by atoms with Crippen LogP contribution in [0.15, 0.2) is 12.1 Å². The maximum Gasteiger partial charge on any atom is 0.451 e. The Bertz CT molecular complexity index is 663. The fourth-order valence-electron chi connectivity index (χ4n) is 2.68. The fourth-order valence-corrected chi connectivity index (χ4v) is 2.68.